The summed E-state index contributed by atoms with van der Waals surface area (Å²) in [6.07, 6.45) is 6.00. The summed E-state index contributed by atoms with van der Waals surface area (Å²) in [6.45, 7) is 0. The standard InChI is InChI=1S/C12H14N12/c13-23-7-17-21-11(23)19-15-5-9-1-2-10(4-3-9)6-16-20-12-22-18-8-24(12)14/h1-8H,13-14H2,(H,19,21)(H,20,22)/b15-5-,16-6-. The predicted octanol–water partition coefficient (Wildman–Crippen LogP) is -0.811. The van der Waals surface area contributed by atoms with Gasteiger partial charge in [0.1, 0.15) is 12.7 Å². The Labute approximate surface area is 135 Å². The minimum absolute atomic E-state index is 0.342. The van der Waals surface area contributed by atoms with E-state index in [4.69, 9.17) is 11.7 Å². The number of anilines is 2. The highest BCUT2D eigenvalue weighted by Gasteiger charge is 1.98. The summed E-state index contributed by atoms with van der Waals surface area (Å²) in [7, 11) is 0. The van der Waals surface area contributed by atoms with Gasteiger partial charge in [0.15, 0.2) is 0 Å². The van der Waals surface area contributed by atoms with Crippen molar-refractivity contribution in [3.8, 4) is 0 Å². The highest BCUT2D eigenvalue weighted by atomic mass is 15.5. The number of nitrogens with one attached hydrogen (secondary N) is 2. The van der Waals surface area contributed by atoms with Gasteiger partial charge in [0.05, 0.1) is 12.4 Å². The molecule has 3 rings (SSSR count). The second kappa shape index (κ2) is 6.87. The quantitative estimate of drug-likeness (QED) is 0.259. The van der Waals surface area contributed by atoms with Crippen LogP contribution >= 0.6 is 0 Å². The van der Waals surface area contributed by atoms with Gasteiger partial charge in [0, 0.05) is 0 Å². The van der Waals surface area contributed by atoms with Crippen LogP contribution in [0.2, 0.25) is 0 Å². The van der Waals surface area contributed by atoms with E-state index in [1.54, 1.807) is 12.4 Å². The van der Waals surface area contributed by atoms with Gasteiger partial charge in [-0.3, -0.25) is 0 Å². The molecule has 0 aliphatic rings. The first-order chi connectivity index (χ1) is 11.7. The lowest BCUT2D eigenvalue weighted by Gasteiger charge is -1.99. The molecule has 0 aliphatic heterocycles. The lowest BCUT2D eigenvalue weighted by molar-refractivity contribution is 0.988. The fraction of sp³-hybridized carbons (Fsp3) is 0. The lowest BCUT2D eigenvalue weighted by atomic mass is 10.2. The third kappa shape index (κ3) is 3.62. The Balaban J connectivity index is 1.55. The molecule has 0 saturated carbocycles. The van der Waals surface area contributed by atoms with Crippen molar-refractivity contribution in [2.45, 2.75) is 0 Å². The van der Waals surface area contributed by atoms with Crippen molar-refractivity contribution >= 4 is 24.3 Å². The maximum absolute atomic E-state index is 5.55. The molecule has 2 aromatic heterocycles. The van der Waals surface area contributed by atoms with Gasteiger partial charge in [-0.25, -0.2) is 20.2 Å². The molecule has 3 aromatic rings. The molecule has 122 valence electrons. The van der Waals surface area contributed by atoms with E-state index >= 15 is 0 Å². The second-order valence-corrected chi connectivity index (χ2v) is 4.53. The molecule has 2 heterocycles. The molecule has 24 heavy (non-hydrogen) atoms. The maximum Gasteiger partial charge on any atom is 0.263 e. The monoisotopic (exact) mass is 326 g/mol. The largest absolute Gasteiger partial charge is 0.335 e. The molecule has 0 radical (unpaired) electrons. The topological polar surface area (TPSA) is 162 Å². The average Bonchev–Trinajstić information content (AvgIpc) is 3.18. The molecule has 0 aliphatic carbocycles. The van der Waals surface area contributed by atoms with Crippen molar-refractivity contribution in [1.29, 1.82) is 0 Å². The Kier molecular flexibility index (Phi) is 4.28. The second-order valence-electron chi connectivity index (χ2n) is 4.53. The molecular formula is C12H14N12. The van der Waals surface area contributed by atoms with Gasteiger partial charge in [-0.2, -0.15) is 10.2 Å². The zero-order valence-electron chi connectivity index (χ0n) is 12.4. The number of nitrogens with two attached hydrogens (primary N) is 2. The van der Waals surface area contributed by atoms with E-state index in [1.165, 1.54) is 22.0 Å². The molecule has 0 spiro atoms. The fourth-order valence-electron chi connectivity index (χ4n) is 1.64. The highest BCUT2D eigenvalue weighted by molar-refractivity contribution is 5.84. The van der Waals surface area contributed by atoms with Crippen LogP contribution < -0.4 is 22.5 Å². The fourth-order valence-corrected chi connectivity index (χ4v) is 1.64. The van der Waals surface area contributed by atoms with Crippen molar-refractivity contribution in [3.63, 3.8) is 0 Å². The van der Waals surface area contributed by atoms with Crippen LogP contribution in [0.25, 0.3) is 0 Å². The van der Waals surface area contributed by atoms with Crippen LogP contribution in [0.3, 0.4) is 0 Å². The first-order valence-electron chi connectivity index (χ1n) is 6.71. The summed E-state index contributed by atoms with van der Waals surface area (Å²) >= 11 is 0. The molecule has 1 aromatic carbocycles. The Morgan fingerprint density at radius 1 is 0.792 bits per heavy atom. The number of benzene rings is 1. The third-order valence-electron chi connectivity index (χ3n) is 2.84. The van der Waals surface area contributed by atoms with Gasteiger partial charge in [-0.1, -0.05) is 24.3 Å². The van der Waals surface area contributed by atoms with E-state index < -0.39 is 0 Å². The zero-order chi connectivity index (χ0) is 16.8. The predicted molar refractivity (Wildman–Crippen MR) is 89.2 cm³/mol. The van der Waals surface area contributed by atoms with Gasteiger partial charge >= 0.3 is 0 Å². The lowest BCUT2D eigenvalue weighted by Crippen LogP contribution is -2.10. The van der Waals surface area contributed by atoms with Crippen molar-refractivity contribution in [2.24, 2.45) is 10.2 Å². The normalized spacial score (nSPS) is 11.3. The Morgan fingerprint density at radius 2 is 1.21 bits per heavy atom. The first-order valence-corrected chi connectivity index (χ1v) is 6.71. The van der Waals surface area contributed by atoms with Gasteiger partial charge in [0.25, 0.3) is 11.9 Å². The van der Waals surface area contributed by atoms with Gasteiger partial charge in [-0.05, 0) is 11.1 Å². The van der Waals surface area contributed by atoms with Crippen molar-refractivity contribution < 1.29 is 0 Å². The smallest absolute Gasteiger partial charge is 0.263 e. The van der Waals surface area contributed by atoms with Crippen LogP contribution in [0.4, 0.5) is 11.9 Å². The molecule has 12 nitrogen and oxygen atoms in total. The number of aromatic nitrogens is 6. The highest BCUT2D eigenvalue weighted by Crippen LogP contribution is 2.02. The molecule has 6 N–H and O–H groups in total. The molecule has 0 fully saturated rings. The first kappa shape index (κ1) is 15.0. The van der Waals surface area contributed by atoms with Crippen LogP contribution in [0, 0.1) is 0 Å². The minimum Gasteiger partial charge on any atom is -0.335 e. The van der Waals surface area contributed by atoms with Crippen LogP contribution in [-0.4, -0.2) is 42.2 Å². The summed E-state index contributed by atoms with van der Waals surface area (Å²) < 4.78 is 2.46. The number of hydrogen-bond donors (Lipinski definition) is 4. The average molecular weight is 326 g/mol. The van der Waals surface area contributed by atoms with Crippen molar-refractivity contribution in [2.75, 3.05) is 22.5 Å². The number of rotatable bonds is 6. The summed E-state index contributed by atoms with van der Waals surface area (Å²) in [5.41, 5.74) is 7.14. The van der Waals surface area contributed by atoms with E-state index in [0.717, 1.165) is 11.1 Å². The van der Waals surface area contributed by atoms with Gasteiger partial charge in [-0.15, -0.1) is 20.4 Å². The summed E-state index contributed by atoms with van der Waals surface area (Å²) in [4.78, 5) is 0. The Morgan fingerprint density at radius 3 is 1.54 bits per heavy atom. The van der Waals surface area contributed by atoms with Crippen molar-refractivity contribution in [1.82, 2.24) is 29.7 Å². The van der Waals surface area contributed by atoms with E-state index in [1.807, 2.05) is 24.3 Å². The van der Waals surface area contributed by atoms with E-state index in [-0.39, 0.29) is 0 Å². The van der Waals surface area contributed by atoms with Crippen molar-refractivity contribution in [3.05, 3.63) is 48.0 Å². The van der Waals surface area contributed by atoms with Crippen LogP contribution in [0.1, 0.15) is 11.1 Å². The van der Waals surface area contributed by atoms with Gasteiger partial charge < -0.3 is 11.7 Å². The SMILES string of the molecule is Nn1cnnc1N/N=C\c1ccc(/C=N\Nc2nncn2N)cc1. The summed E-state index contributed by atoms with van der Waals surface area (Å²) in [6, 6.07) is 7.52. The minimum atomic E-state index is 0.342. The summed E-state index contributed by atoms with van der Waals surface area (Å²) in [5.74, 6) is 11.8. The number of nitrogen functional groups attached to an aromatic ring is 2. The molecular weight excluding hydrogens is 312 g/mol. The van der Waals surface area contributed by atoms with E-state index in [9.17, 15) is 0 Å². The molecule has 0 amide bonds. The van der Waals surface area contributed by atoms with Crippen LogP contribution in [-0.2, 0) is 0 Å². The number of hydrazone groups is 2. The van der Waals surface area contributed by atoms with E-state index in [0.29, 0.717) is 11.9 Å². The summed E-state index contributed by atoms with van der Waals surface area (Å²) in [5, 5.41) is 22.8. The van der Waals surface area contributed by atoms with Crippen LogP contribution in [0.5, 0.6) is 0 Å². The molecule has 12 heteroatoms. The third-order valence-corrected chi connectivity index (χ3v) is 2.84. The van der Waals surface area contributed by atoms with Gasteiger partial charge in [0.2, 0.25) is 0 Å². The molecule has 0 saturated heterocycles. The molecule has 0 unspecified atom stereocenters. The maximum atomic E-state index is 5.55. The molecule has 0 atom stereocenters. The van der Waals surface area contributed by atoms with Crippen LogP contribution in [0.15, 0.2) is 47.1 Å². The zero-order valence-corrected chi connectivity index (χ0v) is 12.4. The Bertz CT molecular complexity index is 772. The number of nitrogens with zero attached hydrogens (tertiary/aromatic N) is 8. The number of hydrogen-bond acceptors (Lipinski definition) is 10. The molecule has 0 bridgehead atoms. The Hall–Kier alpha value is -3.96. The van der Waals surface area contributed by atoms with E-state index in [2.05, 4.69) is 41.4 Å².